The van der Waals surface area contributed by atoms with E-state index in [9.17, 15) is 14.4 Å². The molecule has 0 aromatic rings. The summed E-state index contributed by atoms with van der Waals surface area (Å²) in [4.78, 5) is 37.2. The van der Waals surface area contributed by atoms with Gasteiger partial charge in [0.25, 0.3) is 0 Å². The third-order valence-electron chi connectivity index (χ3n) is 1.60. The Bertz CT molecular complexity index is 324. The molecular formula is C10H19N3O5. The third kappa shape index (κ3) is 8.34. The van der Waals surface area contributed by atoms with Crippen LogP contribution >= 0.6 is 0 Å². The molecular weight excluding hydrogens is 242 g/mol. The van der Waals surface area contributed by atoms with E-state index in [1.54, 1.807) is 0 Å². The molecule has 3 amide bonds. The molecule has 0 bridgehead atoms. The van der Waals surface area contributed by atoms with Gasteiger partial charge in [-0.15, -0.1) is 0 Å². The Labute approximate surface area is 105 Å². The summed E-state index contributed by atoms with van der Waals surface area (Å²) in [6.45, 7) is 6.28. The number of hydroxylamine groups is 1. The van der Waals surface area contributed by atoms with Crippen molar-refractivity contribution in [2.75, 3.05) is 6.61 Å². The number of hydrogen-bond donors (Lipinski definition) is 4. The summed E-state index contributed by atoms with van der Waals surface area (Å²) >= 11 is 0. The minimum Gasteiger partial charge on any atom is -0.479 e. The largest absolute Gasteiger partial charge is 0.479 e. The molecule has 0 saturated carbocycles. The van der Waals surface area contributed by atoms with Crippen molar-refractivity contribution in [2.45, 2.75) is 39.3 Å². The first-order chi connectivity index (χ1) is 8.11. The first-order valence-corrected chi connectivity index (χ1v) is 5.34. The maximum Gasteiger partial charge on any atom is 0.339 e. The topological polar surface area (TPSA) is 117 Å². The molecule has 8 heteroatoms. The molecule has 4 N–H and O–H groups in total. The van der Waals surface area contributed by atoms with Gasteiger partial charge in [-0.25, -0.2) is 15.1 Å². The third-order valence-corrected chi connectivity index (χ3v) is 1.60. The smallest absolute Gasteiger partial charge is 0.339 e. The van der Waals surface area contributed by atoms with Crippen LogP contribution in [0.4, 0.5) is 4.79 Å². The second-order valence-corrected chi connectivity index (χ2v) is 4.72. The number of rotatable bonds is 5. The molecule has 0 saturated heterocycles. The second-order valence-electron chi connectivity index (χ2n) is 4.72. The van der Waals surface area contributed by atoms with Crippen molar-refractivity contribution >= 4 is 17.9 Å². The van der Waals surface area contributed by atoms with Gasteiger partial charge in [-0.2, -0.15) is 0 Å². The van der Waals surface area contributed by atoms with E-state index in [2.05, 4.69) is 15.5 Å². The Morgan fingerprint density at radius 3 is 2.28 bits per heavy atom. The van der Waals surface area contributed by atoms with Crippen molar-refractivity contribution in [3.63, 3.8) is 0 Å². The van der Waals surface area contributed by atoms with Crippen molar-refractivity contribution in [3.8, 4) is 0 Å². The number of aliphatic carboxylic acids is 1. The molecule has 0 aromatic heterocycles. The Balaban J connectivity index is 4.00. The molecule has 104 valence electrons. The zero-order chi connectivity index (χ0) is 14.3. The average Bonchev–Trinajstić information content (AvgIpc) is 2.13. The molecule has 1 unspecified atom stereocenters. The number of amides is 3. The van der Waals surface area contributed by atoms with Crippen molar-refractivity contribution in [2.24, 2.45) is 0 Å². The maximum absolute atomic E-state index is 11.6. The van der Waals surface area contributed by atoms with Gasteiger partial charge in [0.1, 0.15) is 6.04 Å². The number of carboxylic acid groups (broad SMARTS) is 1. The highest BCUT2D eigenvalue weighted by molar-refractivity contribution is 5.86. The van der Waals surface area contributed by atoms with Crippen LogP contribution in [0, 0.1) is 0 Å². The van der Waals surface area contributed by atoms with Crippen LogP contribution in [0.25, 0.3) is 0 Å². The van der Waals surface area contributed by atoms with Crippen molar-refractivity contribution in [1.82, 2.24) is 16.1 Å². The molecule has 0 aliphatic carbocycles. The number of nitrogens with one attached hydrogen (secondary N) is 3. The van der Waals surface area contributed by atoms with E-state index in [0.29, 0.717) is 0 Å². The van der Waals surface area contributed by atoms with Crippen LogP contribution in [0.2, 0.25) is 0 Å². The van der Waals surface area contributed by atoms with Crippen molar-refractivity contribution in [3.05, 3.63) is 0 Å². The number of urea groups is 1. The lowest BCUT2D eigenvalue weighted by Gasteiger charge is -2.23. The molecule has 0 fully saturated rings. The van der Waals surface area contributed by atoms with Gasteiger partial charge in [0.15, 0.2) is 6.61 Å². The predicted molar refractivity (Wildman–Crippen MR) is 62.6 cm³/mol. The van der Waals surface area contributed by atoms with E-state index >= 15 is 0 Å². The lowest BCUT2D eigenvalue weighted by atomic mass is 10.1. The lowest BCUT2D eigenvalue weighted by Crippen LogP contribution is -2.52. The van der Waals surface area contributed by atoms with E-state index in [0.717, 1.165) is 0 Å². The first-order valence-electron chi connectivity index (χ1n) is 5.34. The van der Waals surface area contributed by atoms with Crippen LogP contribution in [0.3, 0.4) is 0 Å². The lowest BCUT2D eigenvalue weighted by molar-refractivity contribution is -0.144. The summed E-state index contributed by atoms with van der Waals surface area (Å²) in [6, 6.07) is -1.55. The molecule has 0 aliphatic heterocycles. The van der Waals surface area contributed by atoms with Crippen LogP contribution in [-0.4, -0.2) is 41.2 Å². The van der Waals surface area contributed by atoms with Gasteiger partial charge in [0.2, 0.25) is 5.91 Å². The van der Waals surface area contributed by atoms with Gasteiger partial charge in [0, 0.05) is 5.54 Å². The van der Waals surface area contributed by atoms with Crippen LogP contribution in [0.1, 0.15) is 27.7 Å². The average molecular weight is 261 g/mol. The summed E-state index contributed by atoms with van der Waals surface area (Å²) in [5.41, 5.74) is 1.45. The number of carbonyl (C=O) groups is 3. The summed E-state index contributed by atoms with van der Waals surface area (Å²) in [6.07, 6.45) is 0. The number of carboxylic acids is 1. The fourth-order valence-corrected chi connectivity index (χ4v) is 0.933. The fraction of sp³-hybridized carbons (Fsp3) is 0.700. The quantitative estimate of drug-likeness (QED) is 0.503. The molecule has 0 rings (SSSR count). The number of carbonyl (C=O) groups excluding carboxylic acids is 2. The normalized spacial score (nSPS) is 12.4. The number of hydrogen-bond acceptors (Lipinski definition) is 4. The van der Waals surface area contributed by atoms with E-state index in [-0.39, 0.29) is 5.91 Å². The molecule has 0 aromatic carbocycles. The van der Waals surface area contributed by atoms with Crippen LogP contribution in [0.5, 0.6) is 0 Å². The summed E-state index contributed by atoms with van der Waals surface area (Å²) in [5, 5.41) is 13.2. The summed E-state index contributed by atoms with van der Waals surface area (Å²) < 4.78 is 0. The highest BCUT2D eigenvalue weighted by Crippen LogP contribution is 1.99. The van der Waals surface area contributed by atoms with Gasteiger partial charge in [-0.3, -0.25) is 9.63 Å². The molecule has 0 radical (unpaired) electrons. The van der Waals surface area contributed by atoms with Gasteiger partial charge < -0.3 is 15.7 Å². The molecule has 18 heavy (non-hydrogen) atoms. The zero-order valence-electron chi connectivity index (χ0n) is 10.9. The first kappa shape index (κ1) is 16.2. The Morgan fingerprint density at radius 2 is 1.83 bits per heavy atom. The SMILES string of the molecule is CC(NC(=O)NOCC(=O)O)C(=O)NC(C)(C)C. The zero-order valence-corrected chi connectivity index (χ0v) is 10.9. The van der Waals surface area contributed by atoms with Gasteiger partial charge in [0.05, 0.1) is 0 Å². The molecule has 0 aliphatic rings. The van der Waals surface area contributed by atoms with Crippen LogP contribution in [0.15, 0.2) is 0 Å². The van der Waals surface area contributed by atoms with Crippen LogP contribution in [-0.2, 0) is 14.4 Å². The molecule has 1 atom stereocenters. The van der Waals surface area contributed by atoms with Crippen molar-refractivity contribution in [1.29, 1.82) is 0 Å². The molecule has 0 heterocycles. The summed E-state index contributed by atoms with van der Waals surface area (Å²) in [5.74, 6) is -1.57. The maximum atomic E-state index is 11.6. The monoisotopic (exact) mass is 261 g/mol. The highest BCUT2D eigenvalue weighted by Gasteiger charge is 2.20. The molecule has 8 nitrogen and oxygen atoms in total. The van der Waals surface area contributed by atoms with Gasteiger partial charge in [-0.05, 0) is 27.7 Å². The standard InChI is InChI=1S/C10H19N3O5/c1-6(8(16)12-10(2,3)4)11-9(17)13-18-5-7(14)15/h6H,5H2,1-4H3,(H,12,16)(H,14,15)(H2,11,13,17). The van der Waals surface area contributed by atoms with Gasteiger partial charge in [-0.1, -0.05) is 0 Å². The minimum atomic E-state index is -1.21. The van der Waals surface area contributed by atoms with E-state index in [4.69, 9.17) is 5.11 Å². The molecule has 0 spiro atoms. The van der Waals surface area contributed by atoms with Gasteiger partial charge >= 0.3 is 12.0 Å². The van der Waals surface area contributed by atoms with E-state index in [1.165, 1.54) is 6.92 Å². The second kappa shape index (κ2) is 6.80. The predicted octanol–water partition coefficient (Wildman–Crippen LogP) is -0.395. The van der Waals surface area contributed by atoms with E-state index < -0.39 is 30.2 Å². The minimum absolute atomic E-state index is 0.351. The Morgan fingerprint density at radius 1 is 1.28 bits per heavy atom. The Hall–Kier alpha value is -1.83. The van der Waals surface area contributed by atoms with E-state index in [1.807, 2.05) is 26.3 Å². The Kier molecular flexibility index (Phi) is 6.11. The fourth-order valence-electron chi connectivity index (χ4n) is 0.933. The highest BCUT2D eigenvalue weighted by atomic mass is 16.7. The van der Waals surface area contributed by atoms with Crippen molar-refractivity contribution < 1.29 is 24.3 Å². The van der Waals surface area contributed by atoms with Crippen LogP contribution < -0.4 is 16.1 Å². The summed E-state index contributed by atoms with van der Waals surface area (Å²) in [7, 11) is 0.